The molecule has 0 saturated carbocycles. The summed E-state index contributed by atoms with van der Waals surface area (Å²) in [6, 6.07) is 6.84. The van der Waals surface area contributed by atoms with Crippen molar-refractivity contribution in [1.82, 2.24) is 5.32 Å². The Balaban J connectivity index is 1.65. The molecule has 0 aliphatic carbocycles. The summed E-state index contributed by atoms with van der Waals surface area (Å²) in [5, 5.41) is 6.85. The second-order valence-electron chi connectivity index (χ2n) is 4.68. The largest absolute Gasteiger partial charge is 0.385 e. The molecule has 16 heavy (non-hydrogen) atoms. The highest BCUT2D eigenvalue weighted by Gasteiger charge is 2.16. The van der Waals surface area contributed by atoms with Crippen molar-refractivity contribution in [3.05, 3.63) is 23.8 Å². The van der Waals surface area contributed by atoms with Gasteiger partial charge in [-0.2, -0.15) is 0 Å². The van der Waals surface area contributed by atoms with E-state index >= 15 is 0 Å². The van der Waals surface area contributed by atoms with E-state index in [1.807, 2.05) is 11.8 Å². The average molecular weight is 234 g/mol. The first kappa shape index (κ1) is 10.5. The van der Waals surface area contributed by atoms with Crippen LogP contribution in [0.4, 0.5) is 5.69 Å². The van der Waals surface area contributed by atoms with E-state index in [1.54, 1.807) is 0 Å². The smallest absolute Gasteiger partial charge is 0.0343 e. The van der Waals surface area contributed by atoms with E-state index < -0.39 is 0 Å². The summed E-state index contributed by atoms with van der Waals surface area (Å²) in [5.74, 6) is 2.11. The van der Waals surface area contributed by atoms with Crippen LogP contribution in [0.3, 0.4) is 0 Å². The number of rotatable bonds is 3. The van der Waals surface area contributed by atoms with Gasteiger partial charge in [-0.15, -0.1) is 11.8 Å². The van der Waals surface area contributed by atoms with E-state index in [2.05, 4.69) is 28.8 Å². The Morgan fingerprint density at radius 2 is 2.31 bits per heavy atom. The van der Waals surface area contributed by atoms with Gasteiger partial charge in [0.15, 0.2) is 0 Å². The van der Waals surface area contributed by atoms with Crippen molar-refractivity contribution in [3.8, 4) is 0 Å². The lowest BCUT2D eigenvalue weighted by atomic mass is 10.0. The van der Waals surface area contributed by atoms with Gasteiger partial charge in [0.25, 0.3) is 0 Å². The van der Waals surface area contributed by atoms with E-state index in [-0.39, 0.29) is 0 Å². The Hall–Kier alpha value is -0.670. The molecular weight excluding hydrogens is 216 g/mol. The quantitative estimate of drug-likeness (QED) is 0.839. The Morgan fingerprint density at radius 3 is 3.12 bits per heavy atom. The number of benzene rings is 1. The Labute approximate surface area is 101 Å². The zero-order valence-electron chi connectivity index (χ0n) is 9.46. The summed E-state index contributed by atoms with van der Waals surface area (Å²) in [6.45, 7) is 3.46. The van der Waals surface area contributed by atoms with E-state index in [4.69, 9.17) is 0 Å². The fraction of sp³-hybridized carbons (Fsp3) is 0.538. The topological polar surface area (TPSA) is 24.1 Å². The average Bonchev–Trinajstić information content (AvgIpc) is 2.27. The summed E-state index contributed by atoms with van der Waals surface area (Å²) < 4.78 is 0. The van der Waals surface area contributed by atoms with Crippen LogP contribution in [0.15, 0.2) is 23.1 Å². The number of aryl methyl sites for hydroxylation is 1. The molecule has 0 spiro atoms. The monoisotopic (exact) mass is 234 g/mol. The minimum Gasteiger partial charge on any atom is -0.385 e. The van der Waals surface area contributed by atoms with Gasteiger partial charge in [0.1, 0.15) is 0 Å². The molecule has 3 heteroatoms. The molecule has 0 bridgehead atoms. The molecule has 2 aliphatic heterocycles. The standard InChI is InChI=1S/C13H18N2S/c1-2-11-6-12(3-4-13(11)16-5-1)15-9-10-7-14-8-10/h3-4,6,10,14-15H,1-2,5,7-9H2. The molecular formula is C13H18N2S. The maximum atomic E-state index is 3.55. The van der Waals surface area contributed by atoms with Gasteiger partial charge < -0.3 is 10.6 Å². The van der Waals surface area contributed by atoms with Gasteiger partial charge in [-0.25, -0.2) is 0 Å². The molecule has 3 rings (SSSR count). The zero-order chi connectivity index (χ0) is 10.8. The van der Waals surface area contributed by atoms with Crippen LogP contribution < -0.4 is 10.6 Å². The van der Waals surface area contributed by atoms with Crippen LogP contribution in [-0.4, -0.2) is 25.4 Å². The highest BCUT2D eigenvalue weighted by Crippen LogP contribution is 2.31. The lowest BCUT2D eigenvalue weighted by Gasteiger charge is -2.27. The summed E-state index contributed by atoms with van der Waals surface area (Å²) >= 11 is 2.00. The molecule has 1 saturated heterocycles. The molecule has 0 radical (unpaired) electrons. The molecule has 0 amide bonds. The van der Waals surface area contributed by atoms with Gasteiger partial charge in [-0.05, 0) is 42.4 Å². The first-order chi connectivity index (χ1) is 7.92. The molecule has 86 valence electrons. The third-order valence-electron chi connectivity index (χ3n) is 3.37. The fourth-order valence-corrected chi connectivity index (χ4v) is 3.24. The molecule has 0 atom stereocenters. The SMILES string of the molecule is c1cc2c(cc1NCC1CNC1)CCCS2. The van der Waals surface area contributed by atoms with E-state index in [0.29, 0.717) is 0 Å². The van der Waals surface area contributed by atoms with Crippen molar-refractivity contribution in [3.63, 3.8) is 0 Å². The van der Waals surface area contributed by atoms with Gasteiger partial charge in [0, 0.05) is 36.1 Å². The lowest BCUT2D eigenvalue weighted by Crippen LogP contribution is -2.45. The van der Waals surface area contributed by atoms with Crippen LogP contribution in [0.25, 0.3) is 0 Å². The zero-order valence-corrected chi connectivity index (χ0v) is 10.3. The van der Waals surface area contributed by atoms with Crippen molar-refractivity contribution in [2.45, 2.75) is 17.7 Å². The van der Waals surface area contributed by atoms with Crippen molar-refractivity contribution < 1.29 is 0 Å². The number of thioether (sulfide) groups is 1. The summed E-state index contributed by atoms with van der Waals surface area (Å²) in [5.41, 5.74) is 2.83. The number of hydrogen-bond acceptors (Lipinski definition) is 3. The van der Waals surface area contributed by atoms with Gasteiger partial charge in [-0.1, -0.05) is 0 Å². The first-order valence-electron chi connectivity index (χ1n) is 6.12. The molecule has 1 aromatic carbocycles. The van der Waals surface area contributed by atoms with Crippen LogP contribution in [0.5, 0.6) is 0 Å². The normalized spacial score (nSPS) is 20.0. The third kappa shape index (κ3) is 2.20. The highest BCUT2D eigenvalue weighted by molar-refractivity contribution is 7.99. The maximum absolute atomic E-state index is 3.55. The number of hydrogen-bond donors (Lipinski definition) is 2. The van der Waals surface area contributed by atoms with E-state index in [9.17, 15) is 0 Å². The van der Waals surface area contributed by atoms with Crippen molar-refractivity contribution in [1.29, 1.82) is 0 Å². The van der Waals surface area contributed by atoms with E-state index in [1.165, 1.54) is 47.8 Å². The van der Waals surface area contributed by atoms with Crippen LogP contribution >= 0.6 is 11.8 Å². The Bertz CT molecular complexity index is 374. The maximum Gasteiger partial charge on any atom is 0.0343 e. The van der Waals surface area contributed by atoms with Crippen LogP contribution in [0, 0.1) is 5.92 Å². The summed E-state index contributed by atoms with van der Waals surface area (Å²) in [4.78, 5) is 1.49. The highest BCUT2D eigenvalue weighted by atomic mass is 32.2. The molecule has 0 aromatic heterocycles. The van der Waals surface area contributed by atoms with Gasteiger partial charge >= 0.3 is 0 Å². The van der Waals surface area contributed by atoms with Crippen molar-refractivity contribution >= 4 is 17.4 Å². The molecule has 2 heterocycles. The molecule has 2 aliphatic rings. The second-order valence-corrected chi connectivity index (χ2v) is 5.82. The minimum atomic E-state index is 0.824. The Morgan fingerprint density at radius 1 is 1.38 bits per heavy atom. The predicted octanol–water partition coefficient (Wildman–Crippen LogP) is 2.36. The van der Waals surface area contributed by atoms with Crippen LogP contribution in [-0.2, 0) is 6.42 Å². The second kappa shape index (κ2) is 4.68. The summed E-state index contributed by atoms with van der Waals surface area (Å²) in [7, 11) is 0. The third-order valence-corrected chi connectivity index (χ3v) is 4.57. The predicted molar refractivity (Wildman–Crippen MR) is 70.3 cm³/mol. The molecule has 0 unspecified atom stereocenters. The molecule has 1 fully saturated rings. The van der Waals surface area contributed by atoms with E-state index in [0.717, 1.165) is 12.5 Å². The molecule has 2 nitrogen and oxygen atoms in total. The van der Waals surface area contributed by atoms with Crippen molar-refractivity contribution in [2.24, 2.45) is 5.92 Å². The van der Waals surface area contributed by atoms with Crippen LogP contribution in [0.2, 0.25) is 0 Å². The Kier molecular flexibility index (Phi) is 3.06. The van der Waals surface area contributed by atoms with Gasteiger partial charge in [-0.3, -0.25) is 0 Å². The summed E-state index contributed by atoms with van der Waals surface area (Å²) in [6.07, 6.45) is 2.58. The minimum absolute atomic E-state index is 0.824. The number of anilines is 1. The van der Waals surface area contributed by atoms with Crippen LogP contribution in [0.1, 0.15) is 12.0 Å². The number of fused-ring (bicyclic) bond motifs is 1. The lowest BCUT2D eigenvalue weighted by molar-refractivity contribution is 0.365. The van der Waals surface area contributed by atoms with Crippen molar-refractivity contribution in [2.75, 3.05) is 30.7 Å². The first-order valence-corrected chi connectivity index (χ1v) is 7.11. The van der Waals surface area contributed by atoms with Gasteiger partial charge in [0.2, 0.25) is 0 Å². The number of nitrogens with one attached hydrogen (secondary N) is 2. The fourth-order valence-electron chi connectivity index (χ4n) is 2.23. The molecule has 2 N–H and O–H groups in total. The van der Waals surface area contributed by atoms with Gasteiger partial charge in [0.05, 0.1) is 0 Å². The molecule has 1 aromatic rings.